The van der Waals surface area contributed by atoms with Crippen LogP contribution in [0.4, 0.5) is 0 Å². The highest BCUT2D eigenvalue weighted by Gasteiger charge is 2.51. The summed E-state index contributed by atoms with van der Waals surface area (Å²) in [4.78, 5) is 14.2. The van der Waals surface area contributed by atoms with Gasteiger partial charge in [-0.15, -0.1) is 0 Å². The summed E-state index contributed by atoms with van der Waals surface area (Å²) in [5, 5.41) is 0. The summed E-state index contributed by atoms with van der Waals surface area (Å²) in [5.74, 6) is 0.246. The molecule has 1 amide bonds. The fourth-order valence-electron chi connectivity index (χ4n) is 2.76. The number of carbonyl (C=O) groups excluding carboxylic acids is 1. The second kappa shape index (κ2) is 5.20. The second-order valence-electron chi connectivity index (χ2n) is 7.26. The molecule has 2 unspecified atom stereocenters. The Morgan fingerprint density at radius 2 is 1.94 bits per heavy atom. The Bertz CT molecular complexity index is 304. The van der Waals surface area contributed by atoms with Gasteiger partial charge < -0.3 is 9.64 Å². The molecule has 0 radical (unpaired) electrons. The predicted octanol–water partition coefficient (Wildman–Crippen LogP) is 3.08. The summed E-state index contributed by atoms with van der Waals surface area (Å²) in [5.41, 5.74) is 0.122. The van der Waals surface area contributed by atoms with Crippen LogP contribution in [0.25, 0.3) is 0 Å². The summed E-state index contributed by atoms with van der Waals surface area (Å²) in [6.07, 6.45) is 1.86. The van der Waals surface area contributed by atoms with Gasteiger partial charge in [-0.25, -0.2) is 0 Å². The first-order chi connectivity index (χ1) is 8.09. The number of amides is 1. The van der Waals surface area contributed by atoms with E-state index < -0.39 is 0 Å². The zero-order valence-corrected chi connectivity index (χ0v) is 13.0. The molecule has 1 rings (SSSR count). The molecular weight excluding hydrogens is 226 g/mol. The molecule has 0 aromatic rings. The van der Waals surface area contributed by atoms with Gasteiger partial charge in [-0.05, 0) is 18.8 Å². The summed E-state index contributed by atoms with van der Waals surface area (Å²) in [7, 11) is 1.93. The first-order valence-electron chi connectivity index (χ1n) is 6.97. The number of hydrogen-bond donors (Lipinski definition) is 0. The zero-order valence-electron chi connectivity index (χ0n) is 13.0. The Morgan fingerprint density at radius 1 is 1.39 bits per heavy atom. The Hall–Kier alpha value is -0.570. The lowest BCUT2D eigenvalue weighted by Crippen LogP contribution is -2.62. The third kappa shape index (κ3) is 3.25. The van der Waals surface area contributed by atoms with E-state index in [0.717, 1.165) is 13.0 Å². The van der Waals surface area contributed by atoms with E-state index >= 15 is 0 Å². The largest absolute Gasteiger partial charge is 0.378 e. The summed E-state index contributed by atoms with van der Waals surface area (Å²) in [6.45, 7) is 13.5. The van der Waals surface area contributed by atoms with Crippen LogP contribution in [0.15, 0.2) is 0 Å². The number of hydrogen-bond acceptors (Lipinski definition) is 2. The van der Waals surface area contributed by atoms with E-state index in [9.17, 15) is 4.79 Å². The molecule has 0 N–H and O–H groups in total. The molecular formula is C15H29NO2. The minimum atomic E-state index is 0.0541. The van der Waals surface area contributed by atoms with Crippen molar-refractivity contribution >= 4 is 5.91 Å². The predicted molar refractivity (Wildman–Crippen MR) is 74.4 cm³/mol. The molecule has 1 saturated carbocycles. The van der Waals surface area contributed by atoms with Gasteiger partial charge in [0.05, 0.1) is 6.10 Å². The van der Waals surface area contributed by atoms with E-state index in [4.69, 9.17) is 4.74 Å². The van der Waals surface area contributed by atoms with Crippen LogP contribution >= 0.6 is 0 Å². The molecule has 18 heavy (non-hydrogen) atoms. The molecule has 2 atom stereocenters. The van der Waals surface area contributed by atoms with Crippen molar-refractivity contribution in [3.8, 4) is 0 Å². The highest BCUT2D eigenvalue weighted by atomic mass is 16.5. The Balaban J connectivity index is 2.59. The van der Waals surface area contributed by atoms with Crippen molar-refractivity contribution in [1.82, 2.24) is 4.90 Å². The quantitative estimate of drug-likeness (QED) is 0.772. The molecule has 0 saturated heterocycles. The van der Waals surface area contributed by atoms with Crippen molar-refractivity contribution < 1.29 is 9.53 Å². The van der Waals surface area contributed by atoms with Crippen LogP contribution in [0.3, 0.4) is 0 Å². The van der Waals surface area contributed by atoms with Crippen molar-refractivity contribution in [3.63, 3.8) is 0 Å². The zero-order chi connectivity index (χ0) is 14.1. The smallest absolute Gasteiger partial charge is 0.223 e. The average Bonchev–Trinajstić information content (AvgIpc) is 2.20. The van der Waals surface area contributed by atoms with Gasteiger partial charge in [-0.1, -0.05) is 34.6 Å². The van der Waals surface area contributed by atoms with E-state index in [1.165, 1.54) is 0 Å². The summed E-state index contributed by atoms with van der Waals surface area (Å²) >= 11 is 0. The van der Waals surface area contributed by atoms with Gasteiger partial charge in [-0.3, -0.25) is 4.79 Å². The van der Waals surface area contributed by atoms with Gasteiger partial charge in [-0.2, -0.15) is 0 Å². The molecule has 106 valence electrons. The molecule has 1 aliphatic rings. The van der Waals surface area contributed by atoms with Crippen molar-refractivity contribution in [3.05, 3.63) is 0 Å². The fraction of sp³-hybridized carbons (Fsp3) is 0.933. The van der Waals surface area contributed by atoms with Gasteiger partial charge in [0.2, 0.25) is 5.91 Å². The third-order valence-electron chi connectivity index (χ3n) is 4.04. The lowest BCUT2D eigenvalue weighted by atomic mass is 9.63. The lowest BCUT2D eigenvalue weighted by molar-refractivity contribution is -0.164. The van der Waals surface area contributed by atoms with Crippen LogP contribution in [-0.4, -0.2) is 36.6 Å². The highest BCUT2D eigenvalue weighted by molar-refractivity contribution is 5.77. The topological polar surface area (TPSA) is 29.5 Å². The third-order valence-corrected chi connectivity index (χ3v) is 4.04. The number of ether oxygens (including phenoxy) is 1. The van der Waals surface area contributed by atoms with Gasteiger partial charge in [0.15, 0.2) is 0 Å². The van der Waals surface area contributed by atoms with Crippen LogP contribution in [0.5, 0.6) is 0 Å². The van der Waals surface area contributed by atoms with Crippen LogP contribution in [-0.2, 0) is 9.53 Å². The number of carbonyl (C=O) groups is 1. The lowest BCUT2D eigenvalue weighted by Gasteiger charge is -2.55. The van der Waals surface area contributed by atoms with Crippen molar-refractivity contribution in [2.45, 2.75) is 66.5 Å². The van der Waals surface area contributed by atoms with E-state index in [2.05, 4.69) is 34.6 Å². The van der Waals surface area contributed by atoms with Crippen LogP contribution in [0.1, 0.15) is 54.4 Å². The van der Waals surface area contributed by atoms with Crippen LogP contribution in [0.2, 0.25) is 0 Å². The maximum Gasteiger partial charge on any atom is 0.223 e. The summed E-state index contributed by atoms with van der Waals surface area (Å²) < 4.78 is 5.72. The molecule has 0 aromatic carbocycles. The van der Waals surface area contributed by atoms with Gasteiger partial charge in [0.25, 0.3) is 0 Å². The van der Waals surface area contributed by atoms with Crippen molar-refractivity contribution in [2.24, 2.45) is 10.8 Å². The maximum absolute atomic E-state index is 12.2. The Morgan fingerprint density at radius 3 is 2.33 bits per heavy atom. The Labute approximate surface area is 112 Å². The SMILES string of the molecule is CCOC1CC(N(C)C(=O)CC(C)(C)C)C1(C)C. The molecule has 0 aromatic heterocycles. The Kier molecular flexibility index (Phi) is 4.47. The summed E-state index contributed by atoms with van der Waals surface area (Å²) in [6, 6.07) is 0.309. The molecule has 3 heteroatoms. The normalized spacial score (nSPS) is 26.6. The molecule has 0 bridgehead atoms. The fourth-order valence-corrected chi connectivity index (χ4v) is 2.76. The van der Waals surface area contributed by atoms with Gasteiger partial charge in [0, 0.05) is 31.5 Å². The molecule has 1 fully saturated rings. The number of nitrogens with zero attached hydrogens (tertiary/aromatic N) is 1. The molecule has 1 aliphatic carbocycles. The molecule has 0 spiro atoms. The monoisotopic (exact) mass is 255 g/mol. The average molecular weight is 255 g/mol. The highest BCUT2D eigenvalue weighted by Crippen LogP contribution is 2.45. The van der Waals surface area contributed by atoms with E-state index in [1.807, 2.05) is 18.9 Å². The number of rotatable bonds is 4. The van der Waals surface area contributed by atoms with Crippen molar-refractivity contribution in [1.29, 1.82) is 0 Å². The van der Waals surface area contributed by atoms with Gasteiger partial charge in [0.1, 0.15) is 0 Å². The van der Waals surface area contributed by atoms with Crippen LogP contribution < -0.4 is 0 Å². The molecule has 0 heterocycles. The van der Waals surface area contributed by atoms with E-state index in [-0.39, 0.29) is 22.8 Å². The minimum absolute atomic E-state index is 0.0541. The first kappa shape index (κ1) is 15.5. The molecule has 0 aliphatic heterocycles. The first-order valence-corrected chi connectivity index (χ1v) is 6.97. The van der Waals surface area contributed by atoms with Gasteiger partial charge >= 0.3 is 0 Å². The minimum Gasteiger partial charge on any atom is -0.378 e. The second-order valence-corrected chi connectivity index (χ2v) is 7.26. The van der Waals surface area contributed by atoms with Crippen LogP contribution in [0, 0.1) is 10.8 Å². The standard InChI is InChI=1S/C15H29NO2/c1-8-18-12-9-11(15(12,5)6)16(7)13(17)10-14(2,3)4/h11-12H,8-10H2,1-7H3. The van der Waals surface area contributed by atoms with E-state index in [0.29, 0.717) is 12.5 Å². The van der Waals surface area contributed by atoms with Crippen molar-refractivity contribution in [2.75, 3.05) is 13.7 Å². The van der Waals surface area contributed by atoms with E-state index in [1.54, 1.807) is 0 Å². The molecule has 3 nitrogen and oxygen atoms in total. The maximum atomic E-state index is 12.2.